The largest absolute Gasteiger partial charge is 0.340 e. The molecular weight excluding hydrogens is 246 g/mol. The standard InChI is InChI=1S/C13H23N3OS/c1-13(2,3)6-10(14)5-12(17)16(4)7-11-8-18-9-15-11/h8-10H,5-7,14H2,1-4H3. The van der Waals surface area contributed by atoms with Crippen LogP contribution in [-0.4, -0.2) is 28.9 Å². The molecule has 0 bridgehead atoms. The van der Waals surface area contributed by atoms with Crippen molar-refractivity contribution in [1.82, 2.24) is 9.88 Å². The van der Waals surface area contributed by atoms with Gasteiger partial charge in [0.05, 0.1) is 17.7 Å². The van der Waals surface area contributed by atoms with Crippen LogP contribution in [0.25, 0.3) is 0 Å². The number of carbonyl (C=O) groups is 1. The lowest BCUT2D eigenvalue weighted by molar-refractivity contribution is -0.130. The van der Waals surface area contributed by atoms with Crippen molar-refractivity contribution in [2.45, 2.75) is 46.2 Å². The fourth-order valence-electron chi connectivity index (χ4n) is 1.89. The molecule has 0 aromatic carbocycles. The number of aromatic nitrogens is 1. The van der Waals surface area contributed by atoms with Gasteiger partial charge in [-0.15, -0.1) is 11.3 Å². The molecule has 0 saturated carbocycles. The van der Waals surface area contributed by atoms with Crippen LogP contribution in [0, 0.1) is 5.41 Å². The number of carbonyl (C=O) groups excluding carboxylic acids is 1. The van der Waals surface area contributed by atoms with Crippen LogP contribution in [0.4, 0.5) is 0 Å². The topological polar surface area (TPSA) is 59.2 Å². The van der Waals surface area contributed by atoms with Gasteiger partial charge in [0.25, 0.3) is 0 Å². The van der Waals surface area contributed by atoms with Crippen molar-refractivity contribution >= 4 is 17.2 Å². The maximum absolute atomic E-state index is 12.0. The highest BCUT2D eigenvalue weighted by Crippen LogP contribution is 2.21. The van der Waals surface area contributed by atoms with E-state index >= 15 is 0 Å². The fourth-order valence-corrected chi connectivity index (χ4v) is 2.44. The van der Waals surface area contributed by atoms with Crippen molar-refractivity contribution in [3.05, 3.63) is 16.6 Å². The third-order valence-corrected chi connectivity index (χ3v) is 3.26. The van der Waals surface area contributed by atoms with Gasteiger partial charge in [-0.25, -0.2) is 4.98 Å². The third kappa shape index (κ3) is 5.60. The van der Waals surface area contributed by atoms with Crippen LogP contribution in [0.2, 0.25) is 0 Å². The van der Waals surface area contributed by atoms with Crippen molar-refractivity contribution in [2.75, 3.05) is 7.05 Å². The molecule has 2 N–H and O–H groups in total. The van der Waals surface area contributed by atoms with Crippen molar-refractivity contribution in [2.24, 2.45) is 11.1 Å². The van der Waals surface area contributed by atoms with Crippen LogP contribution in [-0.2, 0) is 11.3 Å². The molecule has 0 radical (unpaired) electrons. The number of nitrogens with two attached hydrogens (primary N) is 1. The van der Waals surface area contributed by atoms with Crippen LogP contribution < -0.4 is 5.73 Å². The van der Waals surface area contributed by atoms with E-state index in [9.17, 15) is 4.79 Å². The van der Waals surface area contributed by atoms with Crippen LogP contribution >= 0.6 is 11.3 Å². The van der Waals surface area contributed by atoms with Gasteiger partial charge in [-0.1, -0.05) is 20.8 Å². The van der Waals surface area contributed by atoms with E-state index in [0.29, 0.717) is 13.0 Å². The Labute approximate surface area is 113 Å². The smallest absolute Gasteiger partial charge is 0.224 e. The van der Waals surface area contributed by atoms with Gasteiger partial charge in [-0.3, -0.25) is 4.79 Å². The zero-order chi connectivity index (χ0) is 13.8. The summed E-state index contributed by atoms with van der Waals surface area (Å²) in [5.41, 5.74) is 8.88. The summed E-state index contributed by atoms with van der Waals surface area (Å²) < 4.78 is 0. The van der Waals surface area contributed by atoms with Crippen molar-refractivity contribution in [3.8, 4) is 0 Å². The summed E-state index contributed by atoms with van der Waals surface area (Å²) in [5.74, 6) is 0.0831. The van der Waals surface area contributed by atoms with Gasteiger partial charge in [0.2, 0.25) is 5.91 Å². The Bertz CT molecular complexity index is 370. The Hall–Kier alpha value is -0.940. The van der Waals surface area contributed by atoms with Gasteiger partial charge in [0.15, 0.2) is 0 Å². The van der Waals surface area contributed by atoms with Crippen molar-refractivity contribution in [3.63, 3.8) is 0 Å². The number of nitrogens with zero attached hydrogens (tertiary/aromatic N) is 2. The lowest BCUT2D eigenvalue weighted by Gasteiger charge is -2.24. The molecule has 0 aliphatic rings. The predicted octanol–water partition coefficient (Wildman–Crippen LogP) is 2.26. The first-order valence-corrected chi connectivity index (χ1v) is 7.09. The summed E-state index contributed by atoms with van der Waals surface area (Å²) in [6.07, 6.45) is 1.25. The van der Waals surface area contributed by atoms with Crippen LogP contribution in [0.15, 0.2) is 10.9 Å². The van der Waals surface area contributed by atoms with Crippen LogP contribution in [0.3, 0.4) is 0 Å². The molecule has 1 aromatic heterocycles. The van der Waals surface area contributed by atoms with E-state index in [0.717, 1.165) is 12.1 Å². The minimum Gasteiger partial charge on any atom is -0.340 e. The Morgan fingerprint density at radius 3 is 2.72 bits per heavy atom. The van der Waals surface area contributed by atoms with Gasteiger partial charge < -0.3 is 10.6 Å². The highest BCUT2D eigenvalue weighted by Gasteiger charge is 2.20. The molecule has 102 valence electrons. The fraction of sp³-hybridized carbons (Fsp3) is 0.692. The summed E-state index contributed by atoms with van der Waals surface area (Å²) in [5, 5.41) is 1.96. The summed E-state index contributed by atoms with van der Waals surface area (Å²) >= 11 is 1.54. The van der Waals surface area contributed by atoms with Gasteiger partial charge >= 0.3 is 0 Å². The molecule has 0 spiro atoms. The molecule has 1 aromatic rings. The second-order valence-corrected chi connectivity index (χ2v) is 6.68. The Balaban J connectivity index is 2.40. The van der Waals surface area contributed by atoms with E-state index in [2.05, 4.69) is 25.8 Å². The van der Waals surface area contributed by atoms with Gasteiger partial charge in [0.1, 0.15) is 0 Å². The SMILES string of the molecule is CN(Cc1cscn1)C(=O)CC(N)CC(C)(C)C. The van der Waals surface area contributed by atoms with E-state index in [-0.39, 0.29) is 17.4 Å². The molecule has 1 unspecified atom stereocenters. The second kappa shape index (κ2) is 6.29. The number of hydrogen-bond donors (Lipinski definition) is 1. The molecule has 1 atom stereocenters. The van der Waals surface area contributed by atoms with Crippen molar-refractivity contribution in [1.29, 1.82) is 0 Å². The Morgan fingerprint density at radius 2 is 2.22 bits per heavy atom. The lowest BCUT2D eigenvalue weighted by atomic mass is 9.87. The van der Waals surface area contributed by atoms with E-state index < -0.39 is 0 Å². The first-order valence-electron chi connectivity index (χ1n) is 6.14. The van der Waals surface area contributed by atoms with E-state index in [1.807, 2.05) is 5.38 Å². The Morgan fingerprint density at radius 1 is 1.56 bits per heavy atom. The molecule has 5 heteroatoms. The molecular formula is C13H23N3OS. The second-order valence-electron chi connectivity index (χ2n) is 5.96. The van der Waals surface area contributed by atoms with E-state index in [1.165, 1.54) is 0 Å². The molecule has 0 aliphatic carbocycles. The lowest BCUT2D eigenvalue weighted by Crippen LogP contribution is -2.35. The number of amides is 1. The van der Waals surface area contributed by atoms with Gasteiger partial charge in [-0.2, -0.15) is 0 Å². The number of hydrogen-bond acceptors (Lipinski definition) is 4. The first-order chi connectivity index (χ1) is 8.28. The third-order valence-electron chi connectivity index (χ3n) is 2.62. The molecule has 0 aliphatic heterocycles. The monoisotopic (exact) mass is 269 g/mol. The Kier molecular flexibility index (Phi) is 5.28. The molecule has 1 heterocycles. The molecule has 18 heavy (non-hydrogen) atoms. The number of rotatable bonds is 5. The summed E-state index contributed by atoms with van der Waals surface area (Å²) in [6.45, 7) is 6.97. The summed E-state index contributed by atoms with van der Waals surface area (Å²) in [7, 11) is 1.80. The molecule has 0 saturated heterocycles. The quantitative estimate of drug-likeness (QED) is 0.892. The first kappa shape index (κ1) is 15.1. The number of thiazole rings is 1. The van der Waals surface area contributed by atoms with Crippen LogP contribution in [0.1, 0.15) is 39.3 Å². The molecule has 1 rings (SSSR count). The summed E-state index contributed by atoms with van der Waals surface area (Å²) in [4.78, 5) is 17.8. The molecule has 0 fully saturated rings. The maximum Gasteiger partial charge on any atom is 0.224 e. The average Bonchev–Trinajstić information content (AvgIpc) is 2.66. The predicted molar refractivity (Wildman–Crippen MR) is 75.3 cm³/mol. The van der Waals surface area contributed by atoms with E-state index in [4.69, 9.17) is 5.73 Å². The van der Waals surface area contributed by atoms with Gasteiger partial charge in [0, 0.05) is 24.9 Å². The zero-order valence-electron chi connectivity index (χ0n) is 11.6. The average molecular weight is 269 g/mol. The van der Waals surface area contributed by atoms with E-state index in [1.54, 1.807) is 28.8 Å². The highest BCUT2D eigenvalue weighted by atomic mass is 32.1. The summed E-state index contributed by atoms with van der Waals surface area (Å²) in [6, 6.07) is -0.0737. The van der Waals surface area contributed by atoms with Crippen LogP contribution in [0.5, 0.6) is 0 Å². The minimum atomic E-state index is -0.0737. The highest BCUT2D eigenvalue weighted by molar-refractivity contribution is 7.07. The molecule has 4 nitrogen and oxygen atoms in total. The van der Waals surface area contributed by atoms with Gasteiger partial charge in [-0.05, 0) is 11.8 Å². The van der Waals surface area contributed by atoms with Crippen molar-refractivity contribution < 1.29 is 4.79 Å². The normalized spacial score (nSPS) is 13.4. The maximum atomic E-state index is 12.0. The minimum absolute atomic E-state index is 0.0737. The molecule has 1 amide bonds. The zero-order valence-corrected chi connectivity index (χ0v) is 12.5.